The van der Waals surface area contributed by atoms with E-state index in [1.807, 2.05) is 0 Å². The van der Waals surface area contributed by atoms with E-state index in [2.05, 4.69) is 5.32 Å². The lowest BCUT2D eigenvalue weighted by Crippen LogP contribution is -2.41. The lowest BCUT2D eigenvalue weighted by atomic mass is 9.86. The van der Waals surface area contributed by atoms with E-state index >= 15 is 0 Å². The zero-order valence-electron chi connectivity index (χ0n) is 18.8. The lowest BCUT2D eigenvalue weighted by Gasteiger charge is -2.29. The smallest absolute Gasteiger partial charge is 0.368 e. The average molecular weight is 504 g/mol. The highest BCUT2D eigenvalue weighted by molar-refractivity contribution is 5.81. The van der Waals surface area contributed by atoms with Crippen molar-refractivity contribution in [3.63, 3.8) is 0 Å². The second-order valence-corrected chi connectivity index (χ2v) is 8.87. The van der Waals surface area contributed by atoms with Crippen LogP contribution in [0, 0.1) is 5.82 Å². The molecule has 0 radical (unpaired) electrons. The van der Waals surface area contributed by atoms with Crippen molar-refractivity contribution in [2.45, 2.75) is 55.9 Å². The summed E-state index contributed by atoms with van der Waals surface area (Å²) in [6, 6.07) is 6.36. The molecule has 0 saturated carbocycles. The van der Waals surface area contributed by atoms with Gasteiger partial charge in [-0.3, -0.25) is 4.79 Å². The van der Waals surface area contributed by atoms with E-state index in [9.17, 15) is 35.5 Å². The standard InChI is InChI=1S/C24H23F7N2O2/c1-12(14-7-15(23(26,27)28)9-16(8-14)24(29,30)31)35-19-11-33-20(34)10-18(32-2)22(33)21(19)13-3-5-17(25)6-4-13/h3-9,12,18-19,21-22,32H,10-11H2,1-2H3/t12-,18?,19+,21-,22+/m1/s1. The predicted octanol–water partition coefficient (Wildman–Crippen LogP) is 5.30. The van der Waals surface area contributed by atoms with Gasteiger partial charge in [0.2, 0.25) is 5.91 Å². The van der Waals surface area contributed by atoms with Gasteiger partial charge >= 0.3 is 12.4 Å². The van der Waals surface area contributed by atoms with Gasteiger partial charge in [-0.2, -0.15) is 26.3 Å². The summed E-state index contributed by atoms with van der Waals surface area (Å²) in [5, 5.41) is 3.09. The van der Waals surface area contributed by atoms with Crippen molar-refractivity contribution in [3.05, 3.63) is 70.5 Å². The summed E-state index contributed by atoms with van der Waals surface area (Å²) in [6.07, 6.45) is -11.6. The highest BCUT2D eigenvalue weighted by atomic mass is 19.4. The maximum atomic E-state index is 13.6. The summed E-state index contributed by atoms with van der Waals surface area (Å²) >= 11 is 0. The van der Waals surface area contributed by atoms with Crippen LogP contribution < -0.4 is 5.32 Å². The second kappa shape index (κ2) is 9.09. The Morgan fingerprint density at radius 3 is 2.09 bits per heavy atom. The zero-order valence-corrected chi connectivity index (χ0v) is 18.8. The van der Waals surface area contributed by atoms with Gasteiger partial charge in [-0.15, -0.1) is 0 Å². The molecule has 1 N–H and O–H groups in total. The van der Waals surface area contributed by atoms with E-state index in [0.717, 1.165) is 0 Å². The number of halogens is 7. The largest absolute Gasteiger partial charge is 0.416 e. The molecule has 4 rings (SSSR count). The zero-order chi connectivity index (χ0) is 25.7. The van der Waals surface area contributed by atoms with Crippen LogP contribution in [0.15, 0.2) is 42.5 Å². The van der Waals surface area contributed by atoms with Gasteiger partial charge in [-0.1, -0.05) is 12.1 Å². The Balaban J connectivity index is 1.69. The topological polar surface area (TPSA) is 41.6 Å². The molecule has 2 aliphatic rings. The Labute approximate surface area is 197 Å². The summed E-state index contributed by atoms with van der Waals surface area (Å²) in [6.45, 7) is 1.48. The van der Waals surface area contributed by atoms with Gasteiger partial charge in [-0.05, 0) is 55.4 Å². The monoisotopic (exact) mass is 504 g/mol. The molecule has 0 aliphatic carbocycles. The predicted molar refractivity (Wildman–Crippen MR) is 112 cm³/mol. The molecule has 190 valence electrons. The van der Waals surface area contributed by atoms with Crippen LogP contribution in [0.5, 0.6) is 0 Å². The molecule has 0 aromatic heterocycles. The molecule has 2 saturated heterocycles. The summed E-state index contributed by atoms with van der Waals surface area (Å²) in [4.78, 5) is 14.2. The number of rotatable bonds is 5. The molecule has 2 fully saturated rings. The normalized spacial score (nSPS) is 25.7. The first-order valence-corrected chi connectivity index (χ1v) is 11.0. The minimum atomic E-state index is -4.98. The number of fused-ring (bicyclic) bond motifs is 1. The molecule has 2 aliphatic heterocycles. The van der Waals surface area contributed by atoms with Gasteiger partial charge in [0.05, 0.1) is 29.4 Å². The van der Waals surface area contributed by atoms with Crippen LogP contribution in [0.3, 0.4) is 0 Å². The Kier molecular flexibility index (Phi) is 6.60. The van der Waals surface area contributed by atoms with E-state index < -0.39 is 47.4 Å². The van der Waals surface area contributed by atoms with Crippen molar-refractivity contribution in [1.29, 1.82) is 0 Å². The van der Waals surface area contributed by atoms with Crippen molar-refractivity contribution in [2.24, 2.45) is 0 Å². The maximum absolute atomic E-state index is 13.6. The van der Waals surface area contributed by atoms with Crippen molar-refractivity contribution >= 4 is 5.91 Å². The number of benzene rings is 2. The van der Waals surface area contributed by atoms with Crippen LogP contribution in [0.2, 0.25) is 0 Å². The summed E-state index contributed by atoms with van der Waals surface area (Å²) in [5.74, 6) is -1.07. The molecule has 1 amide bonds. The molecule has 2 aromatic carbocycles. The molecule has 4 nitrogen and oxygen atoms in total. The Hall–Kier alpha value is -2.66. The average Bonchev–Trinajstić information content (AvgIpc) is 3.29. The van der Waals surface area contributed by atoms with E-state index in [0.29, 0.717) is 17.7 Å². The molecule has 2 heterocycles. The third kappa shape index (κ3) is 5.02. The van der Waals surface area contributed by atoms with Gasteiger partial charge in [0.25, 0.3) is 0 Å². The number of hydrogen-bond acceptors (Lipinski definition) is 3. The summed E-state index contributed by atoms with van der Waals surface area (Å²) in [5.41, 5.74) is -2.48. The van der Waals surface area contributed by atoms with Crippen LogP contribution in [-0.4, -0.2) is 42.6 Å². The van der Waals surface area contributed by atoms with Crippen LogP contribution >= 0.6 is 0 Å². The van der Waals surface area contributed by atoms with E-state index in [1.165, 1.54) is 19.1 Å². The van der Waals surface area contributed by atoms with Crippen LogP contribution in [0.1, 0.15) is 47.6 Å². The quantitative estimate of drug-likeness (QED) is 0.563. The lowest BCUT2D eigenvalue weighted by molar-refractivity contribution is -0.143. The number of nitrogens with zero attached hydrogens (tertiary/aromatic N) is 1. The number of likely N-dealkylation sites (N-methyl/N-ethyl adjacent to an activating group) is 1. The number of nitrogens with one attached hydrogen (secondary N) is 1. The summed E-state index contributed by atoms with van der Waals surface area (Å²) < 4.78 is 99.5. The number of amides is 1. The summed E-state index contributed by atoms with van der Waals surface area (Å²) in [7, 11) is 1.70. The molecule has 2 aromatic rings. The van der Waals surface area contributed by atoms with Crippen molar-refractivity contribution in [2.75, 3.05) is 13.6 Å². The first-order valence-electron chi connectivity index (χ1n) is 11.0. The molecule has 11 heteroatoms. The van der Waals surface area contributed by atoms with E-state index in [4.69, 9.17) is 4.74 Å². The Morgan fingerprint density at radius 2 is 1.57 bits per heavy atom. The third-order valence-corrected chi connectivity index (χ3v) is 6.72. The Bertz CT molecular complexity index is 1050. The highest BCUT2D eigenvalue weighted by Crippen LogP contribution is 2.44. The van der Waals surface area contributed by atoms with Gasteiger partial charge in [0.1, 0.15) is 5.82 Å². The number of carbonyl (C=O) groups excluding carboxylic acids is 1. The van der Waals surface area contributed by atoms with E-state index in [-0.39, 0.29) is 42.6 Å². The van der Waals surface area contributed by atoms with Crippen LogP contribution in [0.25, 0.3) is 0 Å². The molecule has 35 heavy (non-hydrogen) atoms. The fraction of sp³-hybridized carbons (Fsp3) is 0.458. The van der Waals surface area contributed by atoms with Gasteiger partial charge in [0, 0.05) is 24.9 Å². The van der Waals surface area contributed by atoms with Crippen LogP contribution in [-0.2, 0) is 21.9 Å². The van der Waals surface area contributed by atoms with Crippen LogP contribution in [0.4, 0.5) is 30.7 Å². The maximum Gasteiger partial charge on any atom is 0.416 e. The molecule has 0 spiro atoms. The number of alkyl halides is 6. The molecular weight excluding hydrogens is 481 g/mol. The first-order chi connectivity index (χ1) is 16.3. The number of hydrogen-bond donors (Lipinski definition) is 1. The van der Waals surface area contributed by atoms with Crippen molar-refractivity contribution in [3.8, 4) is 0 Å². The van der Waals surface area contributed by atoms with Gasteiger partial charge in [0.15, 0.2) is 0 Å². The third-order valence-electron chi connectivity index (χ3n) is 6.72. The minimum Gasteiger partial charge on any atom is -0.368 e. The molecule has 1 unspecified atom stereocenters. The van der Waals surface area contributed by atoms with Gasteiger partial charge in [-0.25, -0.2) is 4.39 Å². The molecule has 5 atom stereocenters. The number of carbonyl (C=O) groups is 1. The van der Waals surface area contributed by atoms with E-state index in [1.54, 1.807) is 24.1 Å². The fourth-order valence-corrected chi connectivity index (χ4v) is 5.06. The SMILES string of the molecule is CNC1CC(=O)N2C[C@H](O[C@H](C)c3cc(C(F)(F)F)cc(C(F)(F)F)c3)[C@@H](c3ccc(F)cc3)[C@H]12. The fourth-order valence-electron chi connectivity index (χ4n) is 5.06. The van der Waals surface area contributed by atoms with Gasteiger partial charge < -0.3 is 15.0 Å². The molecular formula is C24H23F7N2O2. The minimum absolute atomic E-state index is 0.0688. The van der Waals surface area contributed by atoms with Crippen molar-refractivity contribution in [1.82, 2.24) is 10.2 Å². The van der Waals surface area contributed by atoms with Crippen molar-refractivity contribution < 1.29 is 40.3 Å². The first kappa shape index (κ1) is 25.4. The Morgan fingerprint density at radius 1 is 1.00 bits per heavy atom. The number of ether oxygens (including phenoxy) is 1. The second-order valence-electron chi connectivity index (χ2n) is 8.87. The highest BCUT2D eigenvalue weighted by Gasteiger charge is 2.53. The molecule has 0 bridgehead atoms.